The number of nitrogens with zero attached hydrogens (tertiary/aromatic N) is 1. The van der Waals surface area contributed by atoms with E-state index in [1.54, 1.807) is 24.3 Å². The lowest BCUT2D eigenvalue weighted by Crippen LogP contribution is -2.36. The Morgan fingerprint density at radius 3 is 2.38 bits per heavy atom. The molecule has 184 valence electrons. The van der Waals surface area contributed by atoms with Gasteiger partial charge in [-0.15, -0.1) is 0 Å². The van der Waals surface area contributed by atoms with E-state index >= 15 is 0 Å². The molecule has 2 aromatic rings. The highest BCUT2D eigenvalue weighted by atomic mass is 35.5. The van der Waals surface area contributed by atoms with Gasteiger partial charge < -0.3 is 33.9 Å². The highest BCUT2D eigenvalue weighted by Crippen LogP contribution is 2.39. The number of amides is 1. The summed E-state index contributed by atoms with van der Waals surface area (Å²) in [4.78, 5) is 14.9. The minimum Gasteiger partial charge on any atom is -0.493 e. The van der Waals surface area contributed by atoms with E-state index in [-0.39, 0.29) is 5.91 Å². The predicted octanol–water partition coefficient (Wildman–Crippen LogP) is 4.64. The van der Waals surface area contributed by atoms with Crippen LogP contribution >= 0.6 is 11.6 Å². The molecule has 0 bridgehead atoms. The van der Waals surface area contributed by atoms with Crippen LogP contribution in [0.5, 0.6) is 23.0 Å². The number of carbonyl (C=O) groups is 1. The average Bonchev–Trinajstić information content (AvgIpc) is 2.84. The zero-order valence-corrected chi connectivity index (χ0v) is 20.7. The van der Waals surface area contributed by atoms with Crippen molar-refractivity contribution >= 4 is 35.0 Å². The van der Waals surface area contributed by atoms with Gasteiger partial charge in [0.1, 0.15) is 11.5 Å². The molecule has 0 radical (unpaired) electrons. The Morgan fingerprint density at radius 1 is 1.03 bits per heavy atom. The van der Waals surface area contributed by atoms with Crippen LogP contribution in [0.15, 0.2) is 30.3 Å². The summed E-state index contributed by atoms with van der Waals surface area (Å²) in [6, 6.07) is 7.15. The Kier molecular flexibility index (Phi) is 9.30. The topological polar surface area (TPSA) is 78.5 Å². The van der Waals surface area contributed by atoms with Crippen molar-refractivity contribution in [1.29, 1.82) is 0 Å². The third-order valence-corrected chi connectivity index (χ3v) is 5.43. The van der Waals surface area contributed by atoms with Crippen LogP contribution in [0.4, 0.5) is 11.4 Å². The molecular formula is C25H31ClN2O6. The molecule has 0 aliphatic carbocycles. The summed E-state index contributed by atoms with van der Waals surface area (Å²) in [6.07, 6.45) is 3.07. The van der Waals surface area contributed by atoms with Crippen LogP contribution in [0.25, 0.3) is 6.08 Å². The summed E-state index contributed by atoms with van der Waals surface area (Å²) in [6.45, 7) is 7.60. The van der Waals surface area contributed by atoms with E-state index < -0.39 is 0 Å². The number of rotatable bonds is 10. The molecule has 1 aliphatic rings. The second-order valence-corrected chi connectivity index (χ2v) is 7.75. The van der Waals surface area contributed by atoms with Crippen LogP contribution in [0.3, 0.4) is 0 Å². The zero-order chi connectivity index (χ0) is 24.5. The molecule has 0 aromatic heterocycles. The molecule has 1 aliphatic heterocycles. The molecular weight excluding hydrogens is 460 g/mol. The van der Waals surface area contributed by atoms with E-state index in [9.17, 15) is 4.79 Å². The largest absolute Gasteiger partial charge is 0.493 e. The number of benzene rings is 2. The van der Waals surface area contributed by atoms with Gasteiger partial charge in [0.05, 0.1) is 57.0 Å². The maximum atomic E-state index is 12.8. The van der Waals surface area contributed by atoms with Crippen molar-refractivity contribution in [2.75, 3.05) is 64.0 Å². The predicted molar refractivity (Wildman–Crippen MR) is 134 cm³/mol. The van der Waals surface area contributed by atoms with Gasteiger partial charge >= 0.3 is 0 Å². The molecule has 0 saturated carbocycles. The van der Waals surface area contributed by atoms with E-state index in [0.717, 1.165) is 18.8 Å². The second kappa shape index (κ2) is 12.4. The molecule has 2 aromatic carbocycles. The molecule has 0 unspecified atom stereocenters. The van der Waals surface area contributed by atoms with Crippen molar-refractivity contribution in [2.24, 2.45) is 0 Å². The third-order valence-electron chi connectivity index (χ3n) is 5.15. The molecule has 1 saturated heterocycles. The minimum absolute atomic E-state index is 0.326. The quantitative estimate of drug-likeness (QED) is 0.486. The Labute approximate surface area is 205 Å². The van der Waals surface area contributed by atoms with Crippen LogP contribution in [0.2, 0.25) is 5.02 Å². The minimum atomic E-state index is -0.326. The fourth-order valence-electron chi connectivity index (χ4n) is 3.62. The first-order chi connectivity index (χ1) is 16.5. The number of morpholine rings is 1. The standard InChI is InChI=1S/C25H31ClN2O6/c1-5-33-21-16-20(28-9-11-32-12-10-28)22(34-6-2)15-19(21)27-24(29)8-7-17-13-18(26)25(31-4)23(14-17)30-3/h7-8,13-16H,5-6,9-12H2,1-4H3,(H,27,29). The first-order valence-corrected chi connectivity index (χ1v) is 11.5. The van der Waals surface area contributed by atoms with Crippen LogP contribution in [-0.2, 0) is 9.53 Å². The van der Waals surface area contributed by atoms with Gasteiger partial charge in [-0.1, -0.05) is 11.6 Å². The van der Waals surface area contributed by atoms with Crippen molar-refractivity contribution in [1.82, 2.24) is 0 Å². The molecule has 9 heteroatoms. The lowest BCUT2D eigenvalue weighted by atomic mass is 10.1. The number of carbonyl (C=O) groups excluding carboxylic acids is 1. The molecule has 0 spiro atoms. The average molecular weight is 491 g/mol. The fraction of sp³-hybridized carbons (Fsp3) is 0.400. The SMILES string of the molecule is CCOc1cc(N2CCOCC2)c(OCC)cc1NC(=O)C=Cc1cc(Cl)c(OC)c(OC)c1. The normalized spacial score (nSPS) is 13.6. The van der Waals surface area contributed by atoms with E-state index in [2.05, 4.69) is 10.2 Å². The van der Waals surface area contributed by atoms with E-state index in [1.165, 1.54) is 20.3 Å². The maximum absolute atomic E-state index is 12.8. The van der Waals surface area contributed by atoms with Gasteiger partial charge in [-0.3, -0.25) is 4.79 Å². The zero-order valence-electron chi connectivity index (χ0n) is 20.0. The van der Waals surface area contributed by atoms with Gasteiger partial charge in [0, 0.05) is 31.3 Å². The highest BCUT2D eigenvalue weighted by Gasteiger charge is 2.20. The van der Waals surface area contributed by atoms with Gasteiger partial charge in [-0.25, -0.2) is 0 Å². The van der Waals surface area contributed by atoms with Gasteiger partial charge in [0.2, 0.25) is 5.91 Å². The number of hydrogen-bond acceptors (Lipinski definition) is 7. The van der Waals surface area contributed by atoms with Crippen molar-refractivity contribution in [3.05, 3.63) is 40.9 Å². The maximum Gasteiger partial charge on any atom is 0.248 e. The summed E-state index contributed by atoms with van der Waals surface area (Å²) in [5, 5.41) is 3.29. The monoisotopic (exact) mass is 490 g/mol. The lowest BCUT2D eigenvalue weighted by molar-refractivity contribution is -0.111. The number of ether oxygens (including phenoxy) is 5. The summed E-state index contributed by atoms with van der Waals surface area (Å²) < 4.78 is 27.8. The number of nitrogens with one attached hydrogen (secondary N) is 1. The van der Waals surface area contributed by atoms with E-state index in [0.29, 0.717) is 65.7 Å². The highest BCUT2D eigenvalue weighted by molar-refractivity contribution is 6.32. The Morgan fingerprint density at radius 2 is 1.74 bits per heavy atom. The molecule has 8 nitrogen and oxygen atoms in total. The first-order valence-electron chi connectivity index (χ1n) is 11.2. The van der Waals surface area contributed by atoms with Crippen molar-refractivity contribution < 1.29 is 28.5 Å². The molecule has 1 amide bonds. The van der Waals surface area contributed by atoms with Crippen LogP contribution in [-0.4, -0.2) is 59.6 Å². The van der Waals surface area contributed by atoms with Crippen molar-refractivity contribution in [3.63, 3.8) is 0 Å². The Hall–Kier alpha value is -3.10. The smallest absolute Gasteiger partial charge is 0.248 e. The van der Waals surface area contributed by atoms with Crippen LogP contribution in [0.1, 0.15) is 19.4 Å². The van der Waals surface area contributed by atoms with Gasteiger partial charge in [-0.2, -0.15) is 0 Å². The Bertz CT molecular complexity index is 1020. The third kappa shape index (κ3) is 6.27. The van der Waals surface area contributed by atoms with Crippen LogP contribution in [0, 0.1) is 0 Å². The molecule has 0 atom stereocenters. The molecule has 1 heterocycles. The fourth-order valence-corrected chi connectivity index (χ4v) is 3.92. The number of methoxy groups -OCH3 is 2. The molecule has 3 rings (SSSR count). The molecule has 1 fully saturated rings. The van der Waals surface area contributed by atoms with E-state index in [1.807, 2.05) is 19.9 Å². The first kappa shape index (κ1) is 25.5. The molecule has 34 heavy (non-hydrogen) atoms. The number of halogens is 1. The lowest BCUT2D eigenvalue weighted by Gasteiger charge is -2.31. The summed E-state index contributed by atoms with van der Waals surface area (Å²) in [7, 11) is 3.05. The number of hydrogen-bond donors (Lipinski definition) is 1. The van der Waals surface area contributed by atoms with Gasteiger partial charge in [-0.05, 0) is 37.6 Å². The molecule has 1 N–H and O–H groups in total. The van der Waals surface area contributed by atoms with Gasteiger partial charge in [0.15, 0.2) is 11.5 Å². The summed E-state index contributed by atoms with van der Waals surface area (Å²) in [5.74, 6) is 1.85. The van der Waals surface area contributed by atoms with Crippen LogP contribution < -0.4 is 29.2 Å². The van der Waals surface area contributed by atoms with Crippen molar-refractivity contribution in [2.45, 2.75) is 13.8 Å². The Balaban J connectivity index is 1.85. The second-order valence-electron chi connectivity index (χ2n) is 7.34. The number of anilines is 2. The van der Waals surface area contributed by atoms with E-state index in [4.69, 9.17) is 35.3 Å². The van der Waals surface area contributed by atoms with Crippen molar-refractivity contribution in [3.8, 4) is 23.0 Å². The van der Waals surface area contributed by atoms with Gasteiger partial charge in [0.25, 0.3) is 0 Å². The summed E-state index contributed by atoms with van der Waals surface area (Å²) >= 11 is 6.26. The summed E-state index contributed by atoms with van der Waals surface area (Å²) in [5.41, 5.74) is 2.14.